The van der Waals surface area contributed by atoms with Gasteiger partial charge in [-0.15, -0.1) is 0 Å². The number of hydrogen-bond donors (Lipinski definition) is 1. The van der Waals surface area contributed by atoms with Crippen molar-refractivity contribution in [3.8, 4) is 0 Å². The third kappa shape index (κ3) is 64.4. The highest BCUT2D eigenvalue weighted by molar-refractivity contribution is 5.71. The van der Waals surface area contributed by atoms with Gasteiger partial charge in [0.15, 0.2) is 6.10 Å². The minimum atomic E-state index is -1.51. The number of hydrogen-bond acceptors (Lipinski definition) is 7. The fourth-order valence-electron chi connectivity index (χ4n) is 10.0. The molecule has 0 aliphatic rings. The van der Waals surface area contributed by atoms with E-state index in [4.69, 9.17) is 18.9 Å². The van der Waals surface area contributed by atoms with Gasteiger partial charge < -0.3 is 28.5 Å². The summed E-state index contributed by atoms with van der Waals surface area (Å²) in [7, 11) is 5.99. The molecule has 0 aliphatic heterocycles. The summed E-state index contributed by atoms with van der Waals surface area (Å²) in [5.74, 6) is -1.98. The molecule has 0 saturated carbocycles. The molecule has 2 unspecified atom stereocenters. The van der Waals surface area contributed by atoms with Crippen molar-refractivity contribution in [3.63, 3.8) is 0 Å². The smallest absolute Gasteiger partial charge is 0.361 e. The van der Waals surface area contributed by atoms with Gasteiger partial charge >= 0.3 is 17.9 Å². The van der Waals surface area contributed by atoms with Crippen LogP contribution in [-0.2, 0) is 33.3 Å². The Hall–Kier alpha value is -3.01. The Kier molecular flexibility index (Phi) is 60.7. The predicted molar refractivity (Wildman–Crippen MR) is 346 cm³/mol. The van der Waals surface area contributed by atoms with E-state index in [0.717, 1.165) is 70.6 Å². The van der Waals surface area contributed by atoms with Gasteiger partial charge in [0, 0.05) is 12.8 Å². The van der Waals surface area contributed by atoms with Crippen molar-refractivity contribution in [2.75, 3.05) is 47.5 Å². The number of quaternary nitrogens is 1. The molecule has 0 aromatic heterocycles. The quantitative estimate of drug-likeness (QED) is 0.0211. The van der Waals surface area contributed by atoms with Gasteiger partial charge in [-0.1, -0.05) is 312 Å². The van der Waals surface area contributed by atoms with Gasteiger partial charge in [-0.25, -0.2) is 4.79 Å². The van der Waals surface area contributed by atoms with Crippen molar-refractivity contribution in [1.29, 1.82) is 0 Å². The van der Waals surface area contributed by atoms with Crippen LogP contribution in [0.4, 0.5) is 0 Å². The van der Waals surface area contributed by atoms with E-state index < -0.39 is 18.4 Å². The van der Waals surface area contributed by atoms with E-state index in [1.165, 1.54) is 225 Å². The van der Waals surface area contributed by atoms with E-state index in [1.54, 1.807) is 0 Å². The number of carboxylic acid groups (broad SMARTS) is 1. The summed E-state index contributed by atoms with van der Waals surface area (Å²) in [4.78, 5) is 37.6. The van der Waals surface area contributed by atoms with Gasteiger partial charge in [-0.2, -0.15) is 0 Å². The van der Waals surface area contributed by atoms with Crippen LogP contribution in [0.2, 0.25) is 0 Å². The first-order valence-corrected chi connectivity index (χ1v) is 34.5. The van der Waals surface area contributed by atoms with Gasteiger partial charge in [-0.05, 0) is 57.8 Å². The van der Waals surface area contributed by atoms with Gasteiger partial charge in [0.2, 0.25) is 0 Å². The maximum absolute atomic E-state index is 12.9. The molecule has 9 nitrogen and oxygen atoms in total. The number of nitrogens with zero attached hydrogens (tertiary/aromatic N) is 1. The van der Waals surface area contributed by atoms with E-state index >= 15 is 0 Å². The van der Waals surface area contributed by atoms with Gasteiger partial charge in [-0.3, -0.25) is 9.59 Å². The predicted octanol–water partition coefficient (Wildman–Crippen LogP) is 21.1. The number of esters is 2. The molecule has 0 aromatic rings. The topological polar surface area (TPSA) is 108 Å². The number of unbranched alkanes of at least 4 members (excludes halogenated alkanes) is 39. The maximum atomic E-state index is 12.9. The highest BCUT2D eigenvalue weighted by atomic mass is 16.7. The molecule has 0 aromatic carbocycles. The Morgan fingerprint density at radius 1 is 0.383 bits per heavy atom. The number of rotatable bonds is 64. The van der Waals surface area contributed by atoms with Crippen LogP contribution in [0.1, 0.15) is 322 Å². The summed E-state index contributed by atoms with van der Waals surface area (Å²) < 4.78 is 23.0. The molecular weight excluding hydrogens is 1010 g/mol. The van der Waals surface area contributed by atoms with Crippen molar-refractivity contribution < 1.29 is 42.9 Å². The number of allylic oxidation sites excluding steroid dienone is 10. The van der Waals surface area contributed by atoms with Gasteiger partial charge in [0.05, 0.1) is 34.4 Å². The average Bonchev–Trinajstić information content (AvgIpc) is 3.44. The lowest BCUT2D eigenvalue weighted by Gasteiger charge is -2.25. The van der Waals surface area contributed by atoms with Crippen molar-refractivity contribution >= 4 is 17.9 Å². The monoisotopic (exact) mass is 1140 g/mol. The number of carbonyl (C=O) groups is 3. The number of carbonyl (C=O) groups excluding carboxylic acids is 2. The Labute approximate surface area is 501 Å². The SMILES string of the molecule is CC/C=C\C/C=C\C/C=C\C/C=C\C/C=C\CCCCCCCCCCCCCCCCCCCCCCCC(=O)OC(COC(=O)CCCCCCCCCCCCCCCCCCCCC)COC(OCC[N+](C)(C)C)C(=O)O. The molecule has 0 spiro atoms. The van der Waals surface area contributed by atoms with Crippen LogP contribution in [0.3, 0.4) is 0 Å². The molecular formula is C72H132NO8+. The second-order valence-corrected chi connectivity index (χ2v) is 24.5. The third-order valence-electron chi connectivity index (χ3n) is 15.3. The van der Waals surface area contributed by atoms with E-state index in [-0.39, 0.29) is 38.2 Å². The lowest BCUT2D eigenvalue weighted by atomic mass is 10.0. The normalized spacial score (nSPS) is 13.0. The van der Waals surface area contributed by atoms with E-state index in [9.17, 15) is 19.5 Å². The van der Waals surface area contributed by atoms with Crippen molar-refractivity contribution in [3.05, 3.63) is 60.8 Å². The van der Waals surface area contributed by atoms with Crippen LogP contribution in [0.15, 0.2) is 60.8 Å². The first-order chi connectivity index (χ1) is 39.6. The molecule has 0 rings (SSSR count). The van der Waals surface area contributed by atoms with Crippen LogP contribution < -0.4 is 0 Å². The first-order valence-electron chi connectivity index (χ1n) is 34.5. The van der Waals surface area contributed by atoms with E-state index in [0.29, 0.717) is 17.4 Å². The summed E-state index contributed by atoms with van der Waals surface area (Å²) in [6.07, 6.45) is 79.1. The number of carboxylic acids is 1. The molecule has 2 atom stereocenters. The fourth-order valence-corrected chi connectivity index (χ4v) is 10.0. The Morgan fingerprint density at radius 3 is 1.05 bits per heavy atom. The van der Waals surface area contributed by atoms with Crippen LogP contribution in [0, 0.1) is 0 Å². The van der Waals surface area contributed by atoms with E-state index in [1.807, 2.05) is 21.1 Å². The molecule has 0 amide bonds. The Morgan fingerprint density at radius 2 is 0.704 bits per heavy atom. The Bertz CT molecular complexity index is 1510. The molecule has 0 aliphatic carbocycles. The molecule has 0 radical (unpaired) electrons. The molecule has 81 heavy (non-hydrogen) atoms. The summed E-state index contributed by atoms with van der Waals surface area (Å²) in [5, 5.41) is 9.73. The van der Waals surface area contributed by atoms with Crippen LogP contribution in [0.5, 0.6) is 0 Å². The van der Waals surface area contributed by atoms with Crippen LogP contribution in [0.25, 0.3) is 0 Å². The molecule has 0 heterocycles. The number of ether oxygens (including phenoxy) is 4. The molecule has 0 saturated heterocycles. The minimum Gasteiger partial charge on any atom is -0.477 e. The minimum absolute atomic E-state index is 0.176. The van der Waals surface area contributed by atoms with Gasteiger partial charge in [0.25, 0.3) is 6.29 Å². The molecule has 0 fully saturated rings. The van der Waals surface area contributed by atoms with Crippen LogP contribution >= 0.6 is 0 Å². The van der Waals surface area contributed by atoms with Crippen LogP contribution in [-0.4, -0.2) is 87.4 Å². The van der Waals surface area contributed by atoms with Crippen molar-refractivity contribution in [1.82, 2.24) is 0 Å². The number of likely N-dealkylation sites (N-methyl/N-ethyl adjacent to an activating group) is 1. The zero-order valence-electron chi connectivity index (χ0n) is 53.9. The number of aliphatic carboxylic acids is 1. The van der Waals surface area contributed by atoms with Crippen molar-refractivity contribution in [2.45, 2.75) is 334 Å². The summed E-state index contributed by atoms with van der Waals surface area (Å²) in [6.45, 7) is 4.82. The summed E-state index contributed by atoms with van der Waals surface area (Å²) in [6, 6.07) is 0. The lowest BCUT2D eigenvalue weighted by molar-refractivity contribution is -0.870. The largest absolute Gasteiger partial charge is 0.477 e. The lowest BCUT2D eigenvalue weighted by Crippen LogP contribution is -2.40. The van der Waals surface area contributed by atoms with E-state index in [2.05, 4.69) is 74.6 Å². The van der Waals surface area contributed by atoms with Gasteiger partial charge in [0.1, 0.15) is 13.2 Å². The highest BCUT2D eigenvalue weighted by Crippen LogP contribution is 2.18. The molecule has 472 valence electrons. The molecule has 9 heteroatoms. The zero-order valence-corrected chi connectivity index (χ0v) is 53.9. The maximum Gasteiger partial charge on any atom is 0.361 e. The second kappa shape index (κ2) is 63.0. The second-order valence-electron chi connectivity index (χ2n) is 24.5. The Balaban J connectivity index is 4.02. The van der Waals surface area contributed by atoms with Crippen molar-refractivity contribution in [2.24, 2.45) is 0 Å². The third-order valence-corrected chi connectivity index (χ3v) is 15.3. The first kappa shape index (κ1) is 78.0. The average molecular weight is 1140 g/mol. The summed E-state index contributed by atoms with van der Waals surface area (Å²) >= 11 is 0. The summed E-state index contributed by atoms with van der Waals surface area (Å²) in [5.41, 5.74) is 0. The zero-order chi connectivity index (χ0) is 59.1. The fraction of sp³-hybridized carbons (Fsp3) is 0.819. The highest BCUT2D eigenvalue weighted by Gasteiger charge is 2.25. The molecule has 0 bridgehead atoms. The standard InChI is InChI=1S/C72H131NO8/c1-6-8-10-12-14-16-18-20-22-24-26-27-28-29-30-31-32-33-34-35-36-37-38-39-40-41-42-43-45-47-49-51-53-55-57-59-61-63-70(75)81-68(67-80-72(71(76)77)78-65-64-73(3,4)5)66-79-69(74)62-60-58-56-54-52-50-48-46-44-25-23-21-19-17-15-13-11-9-7-2/h8,10,14,16,20,22,26-27,29-30,68,72H,6-7,9,11-13,15,17-19,21,23-25,28,31-67H2,1-5H3/p+1/b10-8-,16-14-,22-20-,27-26-,30-29-. The molecule has 1 N–H and O–H groups in total.